The summed E-state index contributed by atoms with van der Waals surface area (Å²) in [6.45, 7) is 1.89. The van der Waals surface area contributed by atoms with Crippen LogP contribution in [0.2, 0.25) is 0 Å². The van der Waals surface area contributed by atoms with Crippen molar-refractivity contribution in [3.05, 3.63) is 0 Å². The summed E-state index contributed by atoms with van der Waals surface area (Å²) in [6, 6.07) is 0. The molecular weight excluding hydrogens is 203 g/mol. The van der Waals surface area contributed by atoms with Gasteiger partial charge in [-0.1, -0.05) is 6.92 Å². The maximum absolute atomic E-state index is 10.7. The predicted octanol–water partition coefficient (Wildman–Crippen LogP) is 0.227. The molecule has 0 aliphatic carbocycles. The summed E-state index contributed by atoms with van der Waals surface area (Å²) in [7, 11) is -3.93. The van der Waals surface area contributed by atoms with Crippen molar-refractivity contribution < 1.29 is 22.5 Å². The number of esters is 1. The standard InChI is InChI=1S/C7H14O5S.Li/c1-2-4-7(8)12-5-3-6-13(9,10)11;/h2-6H2,1H3,(H,9,10,11);. The molecule has 14 heavy (non-hydrogen) atoms. The largest absolute Gasteiger partial charge is 0.466 e. The molecule has 0 saturated heterocycles. The maximum Gasteiger partial charge on any atom is 0.305 e. The van der Waals surface area contributed by atoms with Gasteiger partial charge in [0.15, 0.2) is 0 Å². The Balaban J connectivity index is 0. The molecule has 0 fully saturated rings. The molecule has 5 nitrogen and oxygen atoms in total. The van der Waals surface area contributed by atoms with E-state index < -0.39 is 10.1 Å². The minimum absolute atomic E-state index is 0. The Labute approximate surface area is 96.1 Å². The van der Waals surface area contributed by atoms with Gasteiger partial charge >= 0.3 is 5.97 Å². The van der Waals surface area contributed by atoms with Crippen LogP contribution in [0.5, 0.6) is 0 Å². The molecule has 1 radical (unpaired) electrons. The molecule has 0 aromatic rings. The second-order valence-electron chi connectivity index (χ2n) is 2.61. The molecule has 0 aromatic carbocycles. The van der Waals surface area contributed by atoms with Crippen molar-refractivity contribution in [3.63, 3.8) is 0 Å². The normalized spacial score (nSPS) is 10.4. The van der Waals surface area contributed by atoms with Gasteiger partial charge in [0.1, 0.15) is 0 Å². The minimum atomic E-state index is -3.93. The van der Waals surface area contributed by atoms with Gasteiger partial charge in [0.05, 0.1) is 12.4 Å². The van der Waals surface area contributed by atoms with Crippen LogP contribution in [-0.2, 0) is 19.6 Å². The van der Waals surface area contributed by atoms with Crippen LogP contribution in [0, 0.1) is 0 Å². The molecule has 7 heteroatoms. The third-order valence-corrected chi connectivity index (χ3v) is 2.07. The van der Waals surface area contributed by atoms with Crippen LogP contribution in [0.15, 0.2) is 0 Å². The summed E-state index contributed by atoms with van der Waals surface area (Å²) < 4.78 is 33.4. The zero-order valence-electron chi connectivity index (χ0n) is 8.52. The van der Waals surface area contributed by atoms with Crippen LogP contribution in [0.25, 0.3) is 0 Å². The number of ether oxygens (including phenoxy) is 1. The minimum Gasteiger partial charge on any atom is -0.466 e. The van der Waals surface area contributed by atoms with Gasteiger partial charge in [-0.15, -0.1) is 0 Å². The Hall–Kier alpha value is -0.0226. The van der Waals surface area contributed by atoms with E-state index in [1.807, 2.05) is 6.92 Å². The summed E-state index contributed by atoms with van der Waals surface area (Å²) in [4.78, 5) is 10.7. The molecular formula is C7H14LiO5S. The zero-order chi connectivity index (χ0) is 10.3. The van der Waals surface area contributed by atoms with Crippen LogP contribution in [0.4, 0.5) is 0 Å². The van der Waals surface area contributed by atoms with Gasteiger partial charge in [0.25, 0.3) is 10.1 Å². The Morgan fingerprint density at radius 1 is 1.43 bits per heavy atom. The molecule has 0 rings (SSSR count). The number of rotatable bonds is 6. The first kappa shape index (κ1) is 16.4. The van der Waals surface area contributed by atoms with Gasteiger partial charge in [-0.05, 0) is 12.8 Å². The SMILES string of the molecule is CCCC(=O)OCCCS(=O)(=O)O.[Li]. The average Bonchev–Trinajstić information content (AvgIpc) is 1.97. The summed E-state index contributed by atoms with van der Waals surface area (Å²) in [5.41, 5.74) is 0. The number of carbonyl (C=O) groups excluding carboxylic acids is 1. The smallest absolute Gasteiger partial charge is 0.305 e. The Kier molecular flexibility index (Phi) is 9.73. The second-order valence-corrected chi connectivity index (χ2v) is 4.18. The van der Waals surface area contributed by atoms with Crippen LogP contribution in [0.3, 0.4) is 0 Å². The van der Waals surface area contributed by atoms with Crippen molar-refractivity contribution in [2.24, 2.45) is 0 Å². The molecule has 0 aromatic heterocycles. The first-order valence-electron chi connectivity index (χ1n) is 4.06. The number of hydrogen-bond acceptors (Lipinski definition) is 4. The van der Waals surface area contributed by atoms with Crippen LogP contribution in [0.1, 0.15) is 26.2 Å². The fourth-order valence-corrected chi connectivity index (χ4v) is 1.19. The van der Waals surface area contributed by atoms with E-state index in [0.29, 0.717) is 12.8 Å². The first-order chi connectivity index (χ1) is 5.95. The molecule has 79 valence electrons. The third-order valence-electron chi connectivity index (χ3n) is 1.26. The quantitative estimate of drug-likeness (QED) is 0.298. The van der Waals surface area contributed by atoms with E-state index in [9.17, 15) is 13.2 Å². The van der Waals surface area contributed by atoms with Crippen molar-refractivity contribution in [1.29, 1.82) is 0 Å². The maximum atomic E-state index is 10.7. The van der Waals surface area contributed by atoms with Crippen molar-refractivity contribution in [2.45, 2.75) is 26.2 Å². The summed E-state index contributed by atoms with van der Waals surface area (Å²) in [5, 5.41) is 0. The second kappa shape index (κ2) is 8.30. The summed E-state index contributed by atoms with van der Waals surface area (Å²) in [5.74, 6) is -0.704. The van der Waals surface area contributed by atoms with E-state index in [-0.39, 0.29) is 43.6 Å². The van der Waals surface area contributed by atoms with Crippen LogP contribution >= 0.6 is 0 Å². The first-order valence-corrected chi connectivity index (χ1v) is 5.67. The molecule has 0 saturated carbocycles. The molecule has 0 spiro atoms. The van der Waals surface area contributed by atoms with E-state index in [2.05, 4.69) is 4.74 Å². The molecule has 0 heterocycles. The Morgan fingerprint density at radius 2 is 2.00 bits per heavy atom. The van der Waals surface area contributed by atoms with E-state index in [4.69, 9.17) is 4.55 Å². The Morgan fingerprint density at radius 3 is 2.43 bits per heavy atom. The van der Waals surface area contributed by atoms with Gasteiger partial charge in [-0.25, -0.2) is 0 Å². The number of carbonyl (C=O) groups is 1. The van der Waals surface area contributed by atoms with Crippen molar-refractivity contribution in [3.8, 4) is 0 Å². The fourth-order valence-electron chi connectivity index (χ4n) is 0.704. The van der Waals surface area contributed by atoms with Crippen molar-refractivity contribution in [2.75, 3.05) is 12.4 Å². The monoisotopic (exact) mass is 217 g/mol. The molecule has 1 N–H and O–H groups in total. The fraction of sp³-hybridized carbons (Fsp3) is 0.857. The van der Waals surface area contributed by atoms with E-state index in [1.54, 1.807) is 0 Å². The van der Waals surface area contributed by atoms with Crippen molar-refractivity contribution >= 4 is 34.9 Å². The van der Waals surface area contributed by atoms with E-state index >= 15 is 0 Å². The topological polar surface area (TPSA) is 80.7 Å². The van der Waals surface area contributed by atoms with Gasteiger partial charge < -0.3 is 4.74 Å². The van der Waals surface area contributed by atoms with E-state index in [0.717, 1.165) is 0 Å². The summed E-state index contributed by atoms with van der Waals surface area (Å²) in [6.07, 6.45) is 1.18. The predicted molar refractivity (Wildman–Crippen MR) is 52.7 cm³/mol. The summed E-state index contributed by atoms with van der Waals surface area (Å²) >= 11 is 0. The van der Waals surface area contributed by atoms with Gasteiger partial charge in [0.2, 0.25) is 0 Å². The zero-order valence-corrected chi connectivity index (χ0v) is 9.34. The molecule has 0 atom stereocenters. The van der Waals surface area contributed by atoms with Gasteiger partial charge in [-0.3, -0.25) is 9.35 Å². The molecule has 0 unspecified atom stereocenters. The molecule has 0 aliphatic rings. The average molecular weight is 217 g/mol. The van der Waals surface area contributed by atoms with Crippen LogP contribution in [-0.4, -0.2) is 50.2 Å². The molecule has 0 aliphatic heterocycles. The third kappa shape index (κ3) is 12.0. The number of hydrogen-bond donors (Lipinski definition) is 1. The molecule has 0 bridgehead atoms. The van der Waals surface area contributed by atoms with Gasteiger partial charge in [0, 0.05) is 25.3 Å². The van der Waals surface area contributed by atoms with Crippen LogP contribution < -0.4 is 0 Å². The van der Waals surface area contributed by atoms with Gasteiger partial charge in [-0.2, -0.15) is 8.42 Å². The van der Waals surface area contributed by atoms with E-state index in [1.165, 1.54) is 0 Å². The molecule has 0 amide bonds. The van der Waals surface area contributed by atoms with Crippen molar-refractivity contribution in [1.82, 2.24) is 0 Å². The Bertz CT molecular complexity index is 249.